The first-order valence-corrected chi connectivity index (χ1v) is 4.29. The number of rotatable bonds is 1. The molecule has 0 bridgehead atoms. The van der Waals surface area contributed by atoms with Gasteiger partial charge in [0.25, 0.3) is 0 Å². The van der Waals surface area contributed by atoms with E-state index in [0.29, 0.717) is 11.1 Å². The van der Waals surface area contributed by atoms with Crippen LogP contribution in [-0.2, 0) is 0 Å². The Balaban J connectivity index is 2.90. The zero-order valence-corrected chi connectivity index (χ0v) is 7.90. The van der Waals surface area contributed by atoms with Crippen LogP contribution in [0.15, 0.2) is 24.4 Å². The number of nitro benzene ring substituents is 1. The maximum atomic E-state index is 13.2. The van der Waals surface area contributed by atoms with Crippen LogP contribution in [0.5, 0.6) is 0 Å². The molecule has 0 saturated carbocycles. The Bertz CT molecular complexity index is 549. The Morgan fingerprint density at radius 1 is 1.47 bits per heavy atom. The average molecular weight is 206 g/mol. The van der Waals surface area contributed by atoms with Gasteiger partial charge in [-0.3, -0.25) is 15.1 Å². The third-order valence-corrected chi connectivity index (χ3v) is 2.14. The number of aromatic nitrogens is 1. The van der Waals surface area contributed by atoms with Gasteiger partial charge in [0.2, 0.25) is 5.82 Å². The first-order valence-electron chi connectivity index (χ1n) is 4.29. The highest BCUT2D eigenvalue weighted by Crippen LogP contribution is 2.28. The molecule has 0 amide bonds. The van der Waals surface area contributed by atoms with Gasteiger partial charge in [0.15, 0.2) is 0 Å². The molecule has 0 aliphatic rings. The molecule has 0 saturated heterocycles. The van der Waals surface area contributed by atoms with Crippen LogP contribution in [0, 0.1) is 22.9 Å². The fourth-order valence-electron chi connectivity index (χ4n) is 1.46. The van der Waals surface area contributed by atoms with Crippen molar-refractivity contribution in [2.24, 2.45) is 0 Å². The number of aryl methyl sites for hydroxylation is 1. The van der Waals surface area contributed by atoms with Gasteiger partial charge in [0, 0.05) is 17.3 Å². The van der Waals surface area contributed by atoms with E-state index in [2.05, 4.69) is 4.98 Å². The van der Waals surface area contributed by atoms with Crippen molar-refractivity contribution in [3.8, 4) is 0 Å². The Labute approximate surface area is 84.5 Å². The molecule has 2 rings (SSSR count). The molecule has 1 aromatic heterocycles. The minimum Gasteiger partial charge on any atom is -0.261 e. The van der Waals surface area contributed by atoms with Crippen LogP contribution in [0.1, 0.15) is 5.69 Å². The number of benzene rings is 1. The van der Waals surface area contributed by atoms with E-state index in [0.717, 1.165) is 6.07 Å². The summed E-state index contributed by atoms with van der Waals surface area (Å²) in [5.41, 5.74) is 0.134. The molecular weight excluding hydrogens is 199 g/mol. The fraction of sp³-hybridized carbons (Fsp3) is 0.100. The number of halogens is 1. The minimum absolute atomic E-state index is 0.285. The number of hydrogen-bond donors (Lipinski definition) is 0. The van der Waals surface area contributed by atoms with E-state index in [1.165, 1.54) is 18.3 Å². The minimum atomic E-state index is -0.821. The molecule has 1 heterocycles. The Morgan fingerprint density at radius 2 is 2.20 bits per heavy atom. The van der Waals surface area contributed by atoms with E-state index in [9.17, 15) is 14.5 Å². The second kappa shape index (κ2) is 3.27. The molecule has 0 radical (unpaired) electrons. The Hall–Kier alpha value is -2.04. The summed E-state index contributed by atoms with van der Waals surface area (Å²) in [5.74, 6) is -0.821. The standard InChI is InChI=1S/C10H7FN2O2/c1-6-4-8-7(5-12-6)2-3-9(11)10(8)13(14)15/h2-5H,1H3. The van der Waals surface area contributed by atoms with Crippen molar-refractivity contribution < 1.29 is 9.31 Å². The normalized spacial score (nSPS) is 10.5. The SMILES string of the molecule is Cc1cc2c([N+](=O)[O-])c(F)ccc2cn1. The molecule has 0 spiro atoms. The lowest BCUT2D eigenvalue weighted by Crippen LogP contribution is -1.94. The third kappa shape index (κ3) is 1.52. The number of nitro groups is 1. The van der Waals surface area contributed by atoms with Gasteiger partial charge in [-0.2, -0.15) is 4.39 Å². The molecule has 4 nitrogen and oxygen atoms in total. The molecule has 15 heavy (non-hydrogen) atoms. The van der Waals surface area contributed by atoms with Gasteiger partial charge < -0.3 is 0 Å². The maximum absolute atomic E-state index is 13.2. The molecule has 0 fully saturated rings. The molecule has 76 valence electrons. The Morgan fingerprint density at radius 3 is 2.87 bits per heavy atom. The van der Waals surface area contributed by atoms with Crippen molar-refractivity contribution in [2.75, 3.05) is 0 Å². The topological polar surface area (TPSA) is 56.0 Å². The lowest BCUT2D eigenvalue weighted by atomic mass is 10.1. The van der Waals surface area contributed by atoms with Crippen LogP contribution in [0.25, 0.3) is 10.8 Å². The highest BCUT2D eigenvalue weighted by Gasteiger charge is 2.18. The molecule has 0 unspecified atom stereocenters. The van der Waals surface area contributed by atoms with Gasteiger partial charge in [-0.05, 0) is 25.1 Å². The predicted molar refractivity (Wildman–Crippen MR) is 53.1 cm³/mol. The fourth-order valence-corrected chi connectivity index (χ4v) is 1.46. The molecule has 2 aromatic rings. The van der Waals surface area contributed by atoms with Crippen molar-refractivity contribution in [2.45, 2.75) is 6.92 Å². The number of fused-ring (bicyclic) bond motifs is 1. The van der Waals surface area contributed by atoms with Gasteiger partial charge in [0.05, 0.1) is 10.3 Å². The van der Waals surface area contributed by atoms with Gasteiger partial charge >= 0.3 is 5.69 Å². The van der Waals surface area contributed by atoms with Gasteiger partial charge in [-0.25, -0.2) is 0 Å². The van der Waals surface area contributed by atoms with Crippen LogP contribution in [-0.4, -0.2) is 9.91 Å². The summed E-state index contributed by atoms with van der Waals surface area (Å²) in [4.78, 5) is 14.0. The van der Waals surface area contributed by atoms with Crippen LogP contribution in [0.2, 0.25) is 0 Å². The highest BCUT2D eigenvalue weighted by molar-refractivity contribution is 5.90. The summed E-state index contributed by atoms with van der Waals surface area (Å²) < 4.78 is 13.2. The second-order valence-electron chi connectivity index (χ2n) is 3.20. The summed E-state index contributed by atoms with van der Waals surface area (Å²) in [5, 5.41) is 11.5. The monoisotopic (exact) mass is 206 g/mol. The zero-order chi connectivity index (χ0) is 11.0. The highest BCUT2D eigenvalue weighted by atomic mass is 19.1. The number of pyridine rings is 1. The van der Waals surface area contributed by atoms with Crippen LogP contribution in [0.4, 0.5) is 10.1 Å². The van der Waals surface area contributed by atoms with E-state index >= 15 is 0 Å². The van der Waals surface area contributed by atoms with Crippen molar-refractivity contribution in [3.63, 3.8) is 0 Å². The van der Waals surface area contributed by atoms with E-state index in [1.807, 2.05) is 0 Å². The van der Waals surface area contributed by atoms with E-state index < -0.39 is 16.4 Å². The average Bonchev–Trinajstić information content (AvgIpc) is 2.16. The van der Waals surface area contributed by atoms with E-state index in [4.69, 9.17) is 0 Å². The van der Waals surface area contributed by atoms with E-state index in [1.54, 1.807) is 6.92 Å². The Kier molecular flexibility index (Phi) is 2.07. The zero-order valence-electron chi connectivity index (χ0n) is 7.90. The molecule has 5 heteroatoms. The molecule has 0 aliphatic carbocycles. The number of hydrogen-bond acceptors (Lipinski definition) is 3. The molecule has 0 N–H and O–H groups in total. The molecule has 0 aliphatic heterocycles. The summed E-state index contributed by atoms with van der Waals surface area (Å²) in [6.07, 6.45) is 1.50. The smallest absolute Gasteiger partial charge is 0.261 e. The van der Waals surface area contributed by atoms with Crippen molar-refractivity contribution in [1.29, 1.82) is 0 Å². The molecular formula is C10H7FN2O2. The van der Waals surface area contributed by atoms with Crippen molar-refractivity contribution in [3.05, 3.63) is 46.0 Å². The lowest BCUT2D eigenvalue weighted by Gasteiger charge is -2.00. The van der Waals surface area contributed by atoms with Crippen LogP contribution < -0.4 is 0 Å². The second-order valence-corrected chi connectivity index (χ2v) is 3.20. The molecule has 1 aromatic carbocycles. The largest absolute Gasteiger partial charge is 0.312 e. The summed E-state index contributed by atoms with van der Waals surface area (Å²) in [6, 6.07) is 4.07. The lowest BCUT2D eigenvalue weighted by molar-refractivity contribution is -0.385. The summed E-state index contributed by atoms with van der Waals surface area (Å²) in [7, 11) is 0. The number of nitrogens with zero attached hydrogens (tertiary/aromatic N) is 2. The first kappa shape index (κ1) is 9.51. The summed E-state index contributed by atoms with van der Waals surface area (Å²) in [6.45, 7) is 1.70. The molecule has 0 atom stereocenters. The first-order chi connectivity index (χ1) is 7.09. The van der Waals surface area contributed by atoms with Crippen LogP contribution >= 0.6 is 0 Å². The van der Waals surface area contributed by atoms with Crippen LogP contribution in [0.3, 0.4) is 0 Å². The third-order valence-electron chi connectivity index (χ3n) is 2.14. The predicted octanol–water partition coefficient (Wildman–Crippen LogP) is 2.59. The summed E-state index contributed by atoms with van der Waals surface area (Å²) >= 11 is 0. The maximum Gasteiger partial charge on any atom is 0.312 e. The van der Waals surface area contributed by atoms with Gasteiger partial charge in [0.1, 0.15) is 0 Å². The van der Waals surface area contributed by atoms with Crippen molar-refractivity contribution >= 4 is 16.5 Å². The van der Waals surface area contributed by atoms with Gasteiger partial charge in [-0.15, -0.1) is 0 Å². The quantitative estimate of drug-likeness (QED) is 0.532. The van der Waals surface area contributed by atoms with E-state index in [-0.39, 0.29) is 5.39 Å². The van der Waals surface area contributed by atoms with Crippen molar-refractivity contribution in [1.82, 2.24) is 4.98 Å². The van der Waals surface area contributed by atoms with Gasteiger partial charge in [-0.1, -0.05) is 0 Å².